The van der Waals surface area contributed by atoms with E-state index in [1.54, 1.807) is 29.9 Å². The van der Waals surface area contributed by atoms with Crippen LogP contribution in [-0.4, -0.2) is 24.9 Å². The molecule has 2 rings (SSSR count). The molecule has 0 fully saturated rings. The van der Waals surface area contributed by atoms with Gasteiger partial charge in [0, 0.05) is 18.3 Å². The molecule has 0 aliphatic rings. The number of anilines is 1. The van der Waals surface area contributed by atoms with Crippen LogP contribution in [0.4, 0.5) is 11.5 Å². The number of hydrogen-bond acceptors (Lipinski definition) is 6. The lowest BCUT2D eigenvalue weighted by Crippen LogP contribution is -2.06. The van der Waals surface area contributed by atoms with Crippen LogP contribution in [0.5, 0.6) is 0 Å². The van der Waals surface area contributed by atoms with Crippen molar-refractivity contribution < 1.29 is 4.92 Å². The Hall–Kier alpha value is -2.77. The van der Waals surface area contributed by atoms with Crippen molar-refractivity contribution in [1.82, 2.24) is 20.0 Å². The highest BCUT2D eigenvalue weighted by atomic mass is 16.6. The number of pyridine rings is 1. The molecule has 0 unspecified atom stereocenters. The van der Waals surface area contributed by atoms with E-state index in [-0.39, 0.29) is 11.5 Å². The van der Waals surface area contributed by atoms with E-state index in [0.717, 1.165) is 6.42 Å². The Bertz CT molecular complexity index is 652. The average Bonchev–Trinajstić information content (AvgIpc) is 2.90. The van der Waals surface area contributed by atoms with E-state index in [9.17, 15) is 10.1 Å². The first kappa shape index (κ1) is 14.6. The van der Waals surface area contributed by atoms with E-state index in [1.807, 2.05) is 0 Å². The number of allylic oxidation sites excluding steroid dienone is 1. The van der Waals surface area contributed by atoms with Crippen LogP contribution in [0.25, 0.3) is 0 Å². The molecule has 0 atom stereocenters. The maximum Gasteiger partial charge on any atom is 0.314 e. The molecule has 0 radical (unpaired) electrons. The molecule has 0 saturated heterocycles. The van der Waals surface area contributed by atoms with Gasteiger partial charge in [-0.05, 0) is 19.4 Å². The van der Waals surface area contributed by atoms with E-state index in [4.69, 9.17) is 0 Å². The molecule has 0 aliphatic carbocycles. The number of hydrogen-bond donors (Lipinski definition) is 1. The zero-order valence-corrected chi connectivity index (χ0v) is 11.7. The third-order valence-electron chi connectivity index (χ3n) is 2.89. The van der Waals surface area contributed by atoms with E-state index in [1.165, 1.54) is 6.20 Å². The topological polar surface area (TPSA) is 98.8 Å². The number of nitrogens with one attached hydrogen (secondary N) is 1. The Labute approximate surface area is 121 Å². The van der Waals surface area contributed by atoms with E-state index in [2.05, 4.69) is 27.2 Å². The second-order valence-electron chi connectivity index (χ2n) is 4.49. The van der Waals surface area contributed by atoms with Crippen LogP contribution in [0.2, 0.25) is 0 Å². The fraction of sp³-hybridized carbons (Fsp3) is 0.308. The molecule has 8 heteroatoms. The molecule has 2 aromatic rings. The first-order valence-corrected chi connectivity index (χ1v) is 6.45. The number of nitro groups is 1. The van der Waals surface area contributed by atoms with Crippen molar-refractivity contribution in [2.24, 2.45) is 0 Å². The number of aromatic nitrogens is 4. The minimum absolute atomic E-state index is 0.0171. The highest BCUT2D eigenvalue weighted by Gasteiger charge is 2.18. The third-order valence-corrected chi connectivity index (χ3v) is 2.89. The predicted octanol–water partition coefficient (Wildman–Crippen LogP) is 2.08. The standard InChI is InChI=1S/C13H16N6O2/c1-3-4-7-18-9-11(16-17-18)8-15-13-12(19(20)21)10(2)5-6-14-13/h3,5-6,9H,1,4,7-8H2,2H3,(H,14,15). The van der Waals surface area contributed by atoms with Crippen molar-refractivity contribution in [3.8, 4) is 0 Å². The Morgan fingerprint density at radius 2 is 2.38 bits per heavy atom. The van der Waals surface area contributed by atoms with Crippen molar-refractivity contribution in [2.75, 3.05) is 5.32 Å². The maximum absolute atomic E-state index is 11.1. The molecule has 21 heavy (non-hydrogen) atoms. The summed E-state index contributed by atoms with van der Waals surface area (Å²) < 4.78 is 1.71. The first-order valence-electron chi connectivity index (χ1n) is 6.45. The van der Waals surface area contributed by atoms with Gasteiger partial charge in [-0.1, -0.05) is 11.3 Å². The molecule has 2 aromatic heterocycles. The number of aryl methyl sites for hydroxylation is 2. The second-order valence-corrected chi connectivity index (χ2v) is 4.49. The van der Waals surface area contributed by atoms with E-state index in [0.29, 0.717) is 24.3 Å². The van der Waals surface area contributed by atoms with Crippen LogP contribution in [-0.2, 0) is 13.1 Å². The van der Waals surface area contributed by atoms with Gasteiger partial charge >= 0.3 is 5.69 Å². The molecule has 110 valence electrons. The normalized spacial score (nSPS) is 10.3. The number of rotatable bonds is 7. The zero-order chi connectivity index (χ0) is 15.2. The fourth-order valence-corrected chi connectivity index (χ4v) is 1.84. The summed E-state index contributed by atoms with van der Waals surface area (Å²) in [6.45, 7) is 6.36. The summed E-state index contributed by atoms with van der Waals surface area (Å²) in [5.74, 6) is 0.237. The Kier molecular flexibility index (Phi) is 4.60. The average molecular weight is 288 g/mol. The summed E-state index contributed by atoms with van der Waals surface area (Å²) in [6, 6.07) is 1.61. The Balaban J connectivity index is 2.06. The molecule has 0 amide bonds. The van der Waals surface area contributed by atoms with Crippen molar-refractivity contribution in [1.29, 1.82) is 0 Å². The fourth-order valence-electron chi connectivity index (χ4n) is 1.84. The van der Waals surface area contributed by atoms with Gasteiger partial charge in [-0.3, -0.25) is 14.8 Å². The zero-order valence-electron chi connectivity index (χ0n) is 11.7. The SMILES string of the molecule is C=CCCn1cc(CNc2nccc(C)c2[N+](=O)[O-])nn1. The quantitative estimate of drug-likeness (QED) is 0.475. The minimum atomic E-state index is -0.439. The highest BCUT2D eigenvalue weighted by Crippen LogP contribution is 2.25. The predicted molar refractivity (Wildman–Crippen MR) is 77.8 cm³/mol. The summed E-state index contributed by atoms with van der Waals surface area (Å²) in [5.41, 5.74) is 1.24. The van der Waals surface area contributed by atoms with E-state index < -0.39 is 4.92 Å². The van der Waals surface area contributed by atoms with Gasteiger partial charge in [0.1, 0.15) is 5.69 Å². The lowest BCUT2D eigenvalue weighted by Gasteiger charge is -2.05. The monoisotopic (exact) mass is 288 g/mol. The minimum Gasteiger partial charge on any atom is -0.359 e. The molecule has 1 N–H and O–H groups in total. The van der Waals surface area contributed by atoms with Gasteiger partial charge < -0.3 is 5.32 Å². The molecular formula is C13H16N6O2. The van der Waals surface area contributed by atoms with Gasteiger partial charge in [-0.15, -0.1) is 11.7 Å². The molecule has 8 nitrogen and oxygen atoms in total. The van der Waals surface area contributed by atoms with Crippen LogP contribution >= 0.6 is 0 Å². The summed E-state index contributed by atoms with van der Waals surface area (Å²) in [4.78, 5) is 14.6. The third kappa shape index (κ3) is 3.62. The Morgan fingerprint density at radius 3 is 3.10 bits per heavy atom. The molecule has 0 spiro atoms. The largest absolute Gasteiger partial charge is 0.359 e. The van der Waals surface area contributed by atoms with Gasteiger partial charge in [0.25, 0.3) is 0 Å². The van der Waals surface area contributed by atoms with Crippen LogP contribution in [0.1, 0.15) is 17.7 Å². The summed E-state index contributed by atoms with van der Waals surface area (Å²) in [5, 5.41) is 22.0. The second kappa shape index (κ2) is 6.60. The summed E-state index contributed by atoms with van der Waals surface area (Å²) in [6.07, 6.45) is 5.94. The van der Waals surface area contributed by atoms with Crippen LogP contribution < -0.4 is 5.32 Å². The molecule has 0 aromatic carbocycles. The van der Waals surface area contributed by atoms with Crippen molar-refractivity contribution in [2.45, 2.75) is 26.4 Å². The molecule has 0 saturated carbocycles. The molecular weight excluding hydrogens is 272 g/mol. The summed E-state index contributed by atoms with van der Waals surface area (Å²) >= 11 is 0. The van der Waals surface area contributed by atoms with Crippen molar-refractivity contribution >= 4 is 11.5 Å². The Morgan fingerprint density at radius 1 is 1.57 bits per heavy atom. The first-order chi connectivity index (χ1) is 10.1. The van der Waals surface area contributed by atoms with Gasteiger partial charge in [0.05, 0.1) is 17.7 Å². The van der Waals surface area contributed by atoms with Crippen LogP contribution in [0, 0.1) is 17.0 Å². The van der Waals surface area contributed by atoms with Crippen molar-refractivity contribution in [3.05, 3.63) is 52.5 Å². The van der Waals surface area contributed by atoms with Crippen LogP contribution in [0.15, 0.2) is 31.1 Å². The smallest absolute Gasteiger partial charge is 0.314 e. The highest BCUT2D eigenvalue weighted by molar-refractivity contribution is 5.59. The van der Waals surface area contributed by atoms with Gasteiger partial charge in [0.2, 0.25) is 5.82 Å². The van der Waals surface area contributed by atoms with Gasteiger partial charge in [-0.2, -0.15) is 0 Å². The molecule has 2 heterocycles. The molecule has 0 bridgehead atoms. The maximum atomic E-state index is 11.1. The van der Waals surface area contributed by atoms with Gasteiger partial charge in [-0.25, -0.2) is 4.98 Å². The van der Waals surface area contributed by atoms with Gasteiger partial charge in [0.15, 0.2) is 0 Å². The van der Waals surface area contributed by atoms with Crippen LogP contribution in [0.3, 0.4) is 0 Å². The summed E-state index contributed by atoms with van der Waals surface area (Å²) in [7, 11) is 0. The van der Waals surface area contributed by atoms with Crippen molar-refractivity contribution in [3.63, 3.8) is 0 Å². The lowest BCUT2D eigenvalue weighted by atomic mass is 10.2. The lowest BCUT2D eigenvalue weighted by molar-refractivity contribution is -0.384. The number of nitrogens with zero attached hydrogens (tertiary/aromatic N) is 5. The molecule has 0 aliphatic heterocycles. The van der Waals surface area contributed by atoms with E-state index >= 15 is 0 Å².